The van der Waals surface area contributed by atoms with E-state index in [0.29, 0.717) is 24.9 Å². The lowest BCUT2D eigenvalue weighted by atomic mass is 9.94. The molecule has 94 valence electrons. The number of fused-ring (bicyclic) bond motifs is 2. The molecule has 0 N–H and O–H groups in total. The van der Waals surface area contributed by atoms with Crippen LogP contribution in [-0.2, 0) is 14.3 Å². The number of methoxy groups -OCH3 is 1. The molecule has 4 atom stereocenters. The fraction of sp³-hybridized carbons (Fsp3) is 0.846. The Labute approximate surface area is 101 Å². The van der Waals surface area contributed by atoms with Crippen molar-refractivity contribution in [3.63, 3.8) is 0 Å². The van der Waals surface area contributed by atoms with E-state index in [2.05, 4.69) is 0 Å². The van der Waals surface area contributed by atoms with Crippen molar-refractivity contribution in [3.8, 4) is 0 Å². The first-order valence-corrected chi connectivity index (χ1v) is 6.56. The predicted octanol–water partition coefficient (Wildman–Crippen LogP) is 1.20. The smallest absolute Gasteiger partial charge is 0.310 e. The van der Waals surface area contributed by atoms with Gasteiger partial charge in [0.2, 0.25) is 5.91 Å². The molecule has 4 nitrogen and oxygen atoms in total. The minimum absolute atomic E-state index is 0.151. The zero-order valence-corrected chi connectivity index (χ0v) is 10.2. The second kappa shape index (κ2) is 4.00. The maximum Gasteiger partial charge on any atom is 0.310 e. The van der Waals surface area contributed by atoms with Gasteiger partial charge in [-0.1, -0.05) is 6.42 Å². The van der Waals surface area contributed by atoms with Gasteiger partial charge in [-0.2, -0.15) is 0 Å². The predicted molar refractivity (Wildman–Crippen MR) is 61.1 cm³/mol. The Hall–Kier alpha value is -1.06. The molecule has 2 bridgehead atoms. The number of carbonyl (C=O) groups excluding carboxylic acids is 2. The van der Waals surface area contributed by atoms with Crippen molar-refractivity contribution in [2.75, 3.05) is 13.7 Å². The van der Waals surface area contributed by atoms with Crippen molar-refractivity contribution < 1.29 is 14.3 Å². The lowest BCUT2D eigenvalue weighted by Gasteiger charge is -2.31. The first-order valence-electron chi connectivity index (χ1n) is 6.56. The summed E-state index contributed by atoms with van der Waals surface area (Å²) in [7, 11) is 1.40. The molecule has 1 saturated heterocycles. The van der Waals surface area contributed by atoms with E-state index in [-0.39, 0.29) is 17.8 Å². The SMILES string of the molecule is COC(=O)C1CC(=O)N(C2CC3CCC2C3)C1. The lowest BCUT2D eigenvalue weighted by Crippen LogP contribution is -2.40. The summed E-state index contributed by atoms with van der Waals surface area (Å²) in [5.74, 6) is 1.21. The quantitative estimate of drug-likeness (QED) is 0.678. The molecule has 2 saturated carbocycles. The van der Waals surface area contributed by atoms with Crippen LogP contribution in [0.1, 0.15) is 32.1 Å². The number of esters is 1. The van der Waals surface area contributed by atoms with Crippen molar-refractivity contribution in [1.82, 2.24) is 4.90 Å². The van der Waals surface area contributed by atoms with Crippen LogP contribution in [0, 0.1) is 17.8 Å². The number of rotatable bonds is 2. The molecule has 1 heterocycles. The molecule has 4 unspecified atom stereocenters. The van der Waals surface area contributed by atoms with Crippen molar-refractivity contribution in [1.29, 1.82) is 0 Å². The van der Waals surface area contributed by atoms with E-state index in [1.807, 2.05) is 4.90 Å². The van der Waals surface area contributed by atoms with Crippen LogP contribution in [0.4, 0.5) is 0 Å². The molecule has 1 amide bonds. The van der Waals surface area contributed by atoms with Gasteiger partial charge in [0.15, 0.2) is 0 Å². The van der Waals surface area contributed by atoms with Gasteiger partial charge in [-0.3, -0.25) is 9.59 Å². The lowest BCUT2D eigenvalue weighted by molar-refractivity contribution is -0.145. The number of hydrogen-bond acceptors (Lipinski definition) is 3. The number of amides is 1. The number of ether oxygens (including phenoxy) is 1. The number of hydrogen-bond donors (Lipinski definition) is 0. The molecule has 3 aliphatic rings. The van der Waals surface area contributed by atoms with Crippen LogP contribution in [0.5, 0.6) is 0 Å². The van der Waals surface area contributed by atoms with Crippen LogP contribution < -0.4 is 0 Å². The molecule has 0 spiro atoms. The fourth-order valence-electron chi connectivity index (χ4n) is 3.97. The van der Waals surface area contributed by atoms with Gasteiger partial charge in [0, 0.05) is 19.0 Å². The molecule has 2 aliphatic carbocycles. The van der Waals surface area contributed by atoms with Crippen LogP contribution in [0.25, 0.3) is 0 Å². The van der Waals surface area contributed by atoms with Crippen LogP contribution in [-0.4, -0.2) is 36.5 Å². The molecule has 4 heteroatoms. The normalized spacial score (nSPS) is 40.1. The highest BCUT2D eigenvalue weighted by Crippen LogP contribution is 2.47. The highest BCUT2D eigenvalue weighted by molar-refractivity contribution is 5.87. The summed E-state index contributed by atoms with van der Waals surface area (Å²) in [6, 6.07) is 0.413. The van der Waals surface area contributed by atoms with E-state index in [1.165, 1.54) is 26.4 Å². The maximum atomic E-state index is 12.0. The standard InChI is InChI=1S/C13H19NO3/c1-17-13(16)10-6-12(15)14(7-10)11-5-8-2-3-9(11)4-8/h8-11H,2-7H2,1H3. The Bertz CT molecular complexity index is 355. The summed E-state index contributed by atoms with van der Waals surface area (Å²) in [6.45, 7) is 0.583. The van der Waals surface area contributed by atoms with Crippen molar-refractivity contribution in [2.45, 2.75) is 38.1 Å². The summed E-state index contributed by atoms with van der Waals surface area (Å²) >= 11 is 0. The average Bonchev–Trinajstić information content (AvgIpc) is 3.01. The van der Waals surface area contributed by atoms with E-state index >= 15 is 0 Å². The summed E-state index contributed by atoms with van der Waals surface area (Å²) in [5.41, 5.74) is 0. The molecule has 3 rings (SSSR count). The molecule has 0 radical (unpaired) electrons. The van der Waals surface area contributed by atoms with Gasteiger partial charge in [0.05, 0.1) is 13.0 Å². The number of nitrogens with zero attached hydrogens (tertiary/aromatic N) is 1. The van der Waals surface area contributed by atoms with Crippen LogP contribution in [0.15, 0.2) is 0 Å². The Morgan fingerprint density at radius 2 is 2.18 bits per heavy atom. The van der Waals surface area contributed by atoms with Crippen molar-refractivity contribution in [3.05, 3.63) is 0 Å². The van der Waals surface area contributed by atoms with Crippen LogP contribution >= 0.6 is 0 Å². The third-order valence-electron chi connectivity index (χ3n) is 4.79. The van der Waals surface area contributed by atoms with Gasteiger partial charge >= 0.3 is 5.97 Å². The molecule has 3 fully saturated rings. The molecule has 1 aliphatic heterocycles. The Morgan fingerprint density at radius 3 is 2.76 bits per heavy atom. The first kappa shape index (κ1) is 11.1. The molecular formula is C13H19NO3. The summed E-state index contributed by atoms with van der Waals surface area (Å²) in [4.78, 5) is 25.4. The van der Waals surface area contributed by atoms with Gasteiger partial charge in [0.25, 0.3) is 0 Å². The second-order valence-corrected chi connectivity index (χ2v) is 5.71. The second-order valence-electron chi connectivity index (χ2n) is 5.71. The van der Waals surface area contributed by atoms with Gasteiger partial charge in [-0.05, 0) is 31.1 Å². The van der Waals surface area contributed by atoms with Crippen molar-refractivity contribution >= 4 is 11.9 Å². The zero-order valence-electron chi connectivity index (χ0n) is 10.2. The summed E-state index contributed by atoms with van der Waals surface area (Å²) < 4.78 is 4.74. The van der Waals surface area contributed by atoms with Gasteiger partial charge in [0.1, 0.15) is 0 Å². The molecular weight excluding hydrogens is 218 g/mol. The Morgan fingerprint density at radius 1 is 1.35 bits per heavy atom. The zero-order chi connectivity index (χ0) is 12.0. The topological polar surface area (TPSA) is 46.6 Å². The average molecular weight is 237 g/mol. The number of carbonyl (C=O) groups is 2. The Balaban J connectivity index is 1.68. The van der Waals surface area contributed by atoms with Crippen molar-refractivity contribution in [2.24, 2.45) is 17.8 Å². The minimum atomic E-state index is -0.232. The molecule has 17 heavy (non-hydrogen) atoms. The van der Waals surface area contributed by atoms with E-state index in [0.717, 1.165) is 12.3 Å². The van der Waals surface area contributed by atoms with Crippen LogP contribution in [0.2, 0.25) is 0 Å². The largest absolute Gasteiger partial charge is 0.469 e. The number of likely N-dealkylation sites (tertiary alicyclic amines) is 1. The summed E-state index contributed by atoms with van der Waals surface area (Å²) in [6.07, 6.45) is 5.40. The highest BCUT2D eigenvalue weighted by Gasteiger charge is 2.47. The maximum absolute atomic E-state index is 12.0. The van der Waals surface area contributed by atoms with Gasteiger partial charge in [-0.25, -0.2) is 0 Å². The molecule has 0 aromatic carbocycles. The fourth-order valence-corrected chi connectivity index (χ4v) is 3.97. The first-order chi connectivity index (χ1) is 8.19. The van der Waals surface area contributed by atoms with Gasteiger partial charge in [-0.15, -0.1) is 0 Å². The van der Waals surface area contributed by atoms with E-state index in [1.54, 1.807) is 0 Å². The third-order valence-corrected chi connectivity index (χ3v) is 4.79. The molecule has 0 aromatic heterocycles. The van der Waals surface area contributed by atoms with Gasteiger partial charge < -0.3 is 9.64 Å². The van der Waals surface area contributed by atoms with E-state index in [9.17, 15) is 9.59 Å². The Kier molecular flexibility index (Phi) is 2.60. The monoisotopic (exact) mass is 237 g/mol. The van der Waals surface area contributed by atoms with Crippen LogP contribution in [0.3, 0.4) is 0 Å². The highest BCUT2D eigenvalue weighted by atomic mass is 16.5. The van der Waals surface area contributed by atoms with E-state index < -0.39 is 0 Å². The minimum Gasteiger partial charge on any atom is -0.469 e. The summed E-state index contributed by atoms with van der Waals surface area (Å²) in [5, 5.41) is 0. The molecule has 0 aromatic rings. The third kappa shape index (κ3) is 1.74. The van der Waals surface area contributed by atoms with E-state index in [4.69, 9.17) is 4.74 Å².